The highest BCUT2D eigenvalue weighted by atomic mass is 35.5. The van der Waals surface area contributed by atoms with E-state index in [1.54, 1.807) is 19.9 Å². The van der Waals surface area contributed by atoms with Crippen LogP contribution in [0, 0.1) is 0 Å². The van der Waals surface area contributed by atoms with Crippen LogP contribution in [0.2, 0.25) is 24.7 Å². The minimum atomic E-state index is -3.54. The van der Waals surface area contributed by atoms with Crippen LogP contribution in [0.4, 0.5) is 0 Å². The number of hydrogen-bond donors (Lipinski definition) is 0. The maximum absolute atomic E-state index is 13.5. The lowest BCUT2D eigenvalue weighted by Gasteiger charge is -2.21. The Morgan fingerprint density at radius 1 is 1.30 bits per heavy atom. The van der Waals surface area contributed by atoms with Gasteiger partial charge in [-0.2, -0.15) is 0 Å². The zero-order valence-electron chi connectivity index (χ0n) is 14.1. The lowest BCUT2D eigenvalue weighted by Crippen LogP contribution is -2.23. The fourth-order valence-electron chi connectivity index (χ4n) is 1.86. The maximum atomic E-state index is 13.5. The molecule has 1 rings (SSSR count). The van der Waals surface area contributed by atoms with Gasteiger partial charge in [-0.1, -0.05) is 11.6 Å². The van der Waals surface area contributed by atoms with Gasteiger partial charge >= 0.3 is 7.60 Å². The van der Waals surface area contributed by atoms with Crippen molar-refractivity contribution in [2.75, 3.05) is 18.7 Å². The zero-order chi connectivity index (χ0) is 17.7. The summed E-state index contributed by atoms with van der Waals surface area (Å²) in [6, 6.07) is 3.08. The molecule has 0 amide bonds. The molecule has 0 saturated heterocycles. The minimum Gasteiger partial charge on any atom is -0.308 e. The van der Waals surface area contributed by atoms with E-state index >= 15 is 0 Å². The molecule has 23 heavy (non-hydrogen) atoms. The third kappa shape index (κ3) is 6.64. The molecule has 132 valence electrons. The largest absolute Gasteiger partial charge is 0.344 e. The lowest BCUT2D eigenvalue weighted by atomic mass is 10.5. The van der Waals surface area contributed by atoms with E-state index in [2.05, 4.69) is 9.01 Å². The number of aromatic nitrogens is 1. The van der Waals surface area contributed by atoms with Gasteiger partial charge in [0.25, 0.3) is 0 Å². The number of hydrogen-bond acceptors (Lipinski definition) is 6. The van der Waals surface area contributed by atoms with Crippen molar-refractivity contribution in [3.05, 3.63) is 23.4 Å². The fourth-order valence-corrected chi connectivity index (χ4v) is 11.0. The first-order valence-electron chi connectivity index (χ1n) is 7.29. The Hall–Kier alpha value is -0.243. The number of rotatable bonds is 8. The quantitative estimate of drug-likeness (QED) is 0.471. The molecule has 10 heteroatoms. The van der Waals surface area contributed by atoms with Gasteiger partial charge in [0, 0.05) is 11.2 Å². The maximum Gasteiger partial charge on any atom is 0.344 e. The molecule has 1 aromatic heterocycles. The van der Waals surface area contributed by atoms with Gasteiger partial charge in [0.05, 0.1) is 22.9 Å². The normalized spacial score (nSPS) is 15.2. The average Bonchev–Trinajstić information content (AvgIpc) is 2.36. The van der Waals surface area contributed by atoms with E-state index in [9.17, 15) is 8.77 Å². The summed E-state index contributed by atoms with van der Waals surface area (Å²) in [6.07, 6.45) is 1.46. The molecule has 1 unspecified atom stereocenters. The van der Waals surface area contributed by atoms with Crippen molar-refractivity contribution in [2.24, 2.45) is 4.03 Å². The Kier molecular flexibility index (Phi) is 7.44. The molecule has 1 heterocycles. The van der Waals surface area contributed by atoms with Gasteiger partial charge < -0.3 is 9.05 Å². The van der Waals surface area contributed by atoms with Gasteiger partial charge in [0.15, 0.2) is 8.24 Å². The van der Waals surface area contributed by atoms with E-state index in [0.717, 1.165) is 0 Å². The van der Waals surface area contributed by atoms with Crippen LogP contribution in [0.15, 0.2) is 27.4 Å². The minimum absolute atomic E-state index is 0.197. The predicted octanol–water partition coefficient (Wildman–Crippen LogP) is 4.62. The molecule has 0 aliphatic heterocycles. The topological polar surface area (TPSA) is 77.9 Å². The second kappa shape index (κ2) is 8.23. The van der Waals surface area contributed by atoms with E-state index in [1.165, 1.54) is 12.3 Å². The summed E-state index contributed by atoms with van der Waals surface area (Å²) in [5.74, 6) is 0. The standard InChI is InChI=1S/C13H24ClN2O4PSSi/c1-6-19-21(17,20-7-2)11-22(18,16-23(3,4)5)13-10-12(14)8-9-15-13/h8-10H,6-7,11H2,1-5H3. The van der Waals surface area contributed by atoms with E-state index in [-0.39, 0.29) is 23.7 Å². The highest BCUT2D eigenvalue weighted by Crippen LogP contribution is 2.50. The van der Waals surface area contributed by atoms with Crippen LogP contribution in [-0.2, 0) is 23.3 Å². The van der Waals surface area contributed by atoms with Crippen molar-refractivity contribution in [3.63, 3.8) is 0 Å². The fraction of sp³-hybridized carbons (Fsp3) is 0.615. The molecule has 0 aliphatic carbocycles. The Bertz CT molecular complexity index is 691. The Balaban J connectivity index is 3.46. The molecular formula is C13H24ClN2O4PSSi. The second-order valence-electron chi connectivity index (χ2n) is 5.79. The van der Waals surface area contributed by atoms with Crippen LogP contribution in [0.5, 0.6) is 0 Å². The van der Waals surface area contributed by atoms with Crippen LogP contribution in [0.25, 0.3) is 0 Å². The van der Waals surface area contributed by atoms with Crippen LogP contribution in [-0.4, -0.2) is 36.1 Å². The lowest BCUT2D eigenvalue weighted by molar-refractivity contribution is 0.224. The molecule has 0 bridgehead atoms. The van der Waals surface area contributed by atoms with Gasteiger partial charge in [-0.05, 0) is 45.6 Å². The summed E-state index contributed by atoms with van der Waals surface area (Å²) in [4.78, 5) is 4.14. The SMILES string of the molecule is CCOP(=O)(CS(=O)(=N[Si](C)(C)C)c1cc(Cl)ccn1)OCC. The van der Waals surface area contributed by atoms with Crippen LogP contribution < -0.4 is 0 Å². The first kappa shape index (κ1) is 20.8. The summed E-state index contributed by atoms with van der Waals surface area (Å²) < 4.78 is 41.5. The predicted molar refractivity (Wildman–Crippen MR) is 97.2 cm³/mol. The molecule has 0 N–H and O–H groups in total. The smallest absolute Gasteiger partial charge is 0.308 e. The highest BCUT2D eigenvalue weighted by molar-refractivity contribution is 8.00. The van der Waals surface area contributed by atoms with Crippen molar-refractivity contribution in [1.29, 1.82) is 0 Å². The average molecular weight is 399 g/mol. The summed E-state index contributed by atoms with van der Waals surface area (Å²) >= 11 is 5.99. The Morgan fingerprint density at radius 2 is 1.87 bits per heavy atom. The summed E-state index contributed by atoms with van der Waals surface area (Å²) in [5, 5.41) is 0.614. The monoisotopic (exact) mass is 398 g/mol. The summed E-state index contributed by atoms with van der Waals surface area (Å²) in [6.45, 7) is 9.66. The van der Waals surface area contributed by atoms with Gasteiger partial charge in [0.2, 0.25) is 0 Å². The molecular weight excluding hydrogens is 375 g/mol. The van der Waals surface area contributed by atoms with E-state index in [1.807, 2.05) is 19.6 Å². The van der Waals surface area contributed by atoms with E-state index in [4.69, 9.17) is 20.6 Å². The first-order chi connectivity index (χ1) is 10.5. The van der Waals surface area contributed by atoms with Crippen LogP contribution >= 0.6 is 19.2 Å². The molecule has 0 radical (unpaired) electrons. The van der Waals surface area contributed by atoms with Crippen molar-refractivity contribution in [2.45, 2.75) is 38.5 Å². The zero-order valence-corrected chi connectivity index (χ0v) is 17.6. The molecule has 0 aliphatic rings. The third-order valence-electron chi connectivity index (χ3n) is 2.43. The molecule has 0 saturated carbocycles. The van der Waals surface area contributed by atoms with Crippen molar-refractivity contribution in [3.8, 4) is 0 Å². The summed E-state index contributed by atoms with van der Waals surface area (Å²) in [5.41, 5.74) is -0.320. The van der Waals surface area contributed by atoms with Crippen molar-refractivity contribution < 1.29 is 17.8 Å². The molecule has 1 aromatic rings. The number of pyridine rings is 1. The Morgan fingerprint density at radius 3 is 2.30 bits per heavy atom. The summed E-state index contributed by atoms with van der Waals surface area (Å²) in [7, 11) is -8.71. The Labute approximate surface area is 144 Å². The van der Waals surface area contributed by atoms with Gasteiger partial charge in [-0.15, -0.1) is 0 Å². The third-order valence-corrected chi connectivity index (χ3v) is 10.9. The molecule has 0 spiro atoms. The molecule has 0 fully saturated rings. The van der Waals surface area contributed by atoms with Crippen LogP contribution in [0.3, 0.4) is 0 Å². The van der Waals surface area contributed by atoms with Crippen molar-refractivity contribution in [1.82, 2.24) is 4.98 Å². The van der Waals surface area contributed by atoms with Gasteiger partial charge in [0.1, 0.15) is 10.5 Å². The first-order valence-corrected chi connectivity index (χ1v) is 14.5. The molecule has 0 aromatic carbocycles. The molecule has 6 nitrogen and oxygen atoms in total. The highest BCUT2D eigenvalue weighted by Gasteiger charge is 2.33. The van der Waals surface area contributed by atoms with Gasteiger partial charge in [-0.3, -0.25) is 8.59 Å². The van der Waals surface area contributed by atoms with Crippen LogP contribution in [0.1, 0.15) is 13.8 Å². The van der Waals surface area contributed by atoms with E-state index < -0.39 is 25.6 Å². The number of nitrogens with zero attached hydrogens (tertiary/aromatic N) is 2. The molecule has 1 atom stereocenters. The number of halogens is 1. The van der Waals surface area contributed by atoms with Crippen molar-refractivity contribution >= 4 is 37.2 Å². The van der Waals surface area contributed by atoms with E-state index in [0.29, 0.717) is 5.02 Å². The van der Waals surface area contributed by atoms with Gasteiger partial charge in [-0.25, -0.2) is 9.19 Å². The second-order valence-corrected chi connectivity index (χ2v) is 15.8.